The van der Waals surface area contributed by atoms with Crippen LogP contribution in [0.2, 0.25) is 0 Å². The number of anilines is 1. The number of nitrogens with zero attached hydrogens (tertiary/aromatic N) is 1. The Kier molecular flexibility index (Phi) is 5.45. The molecule has 1 aliphatic heterocycles. The monoisotopic (exact) mass is 398 g/mol. The van der Waals surface area contributed by atoms with Crippen LogP contribution in [-0.2, 0) is 11.3 Å². The summed E-state index contributed by atoms with van der Waals surface area (Å²) in [6.07, 6.45) is 1.75. The lowest BCUT2D eigenvalue weighted by Gasteiger charge is -2.24. The molecule has 28 heavy (non-hydrogen) atoms. The third-order valence-corrected chi connectivity index (χ3v) is 5.93. The van der Waals surface area contributed by atoms with Crippen LogP contribution in [0.1, 0.15) is 36.2 Å². The molecule has 1 saturated heterocycles. The predicted octanol–water partition coefficient (Wildman–Crippen LogP) is 4.76. The van der Waals surface area contributed by atoms with Gasteiger partial charge in [0.15, 0.2) is 0 Å². The minimum atomic E-state index is -0.531. The van der Waals surface area contributed by atoms with Gasteiger partial charge in [0.05, 0.1) is 6.61 Å². The lowest BCUT2D eigenvalue weighted by Crippen LogP contribution is -2.23. The SMILES string of the molecule is CCOC(=O)Nc1ccc2c(CN3CCCC3c3cccs3)cc(=O)oc2c1. The van der Waals surface area contributed by atoms with Crippen LogP contribution >= 0.6 is 11.3 Å². The Balaban J connectivity index is 1.62. The van der Waals surface area contributed by atoms with E-state index in [0.29, 0.717) is 30.5 Å². The summed E-state index contributed by atoms with van der Waals surface area (Å²) >= 11 is 1.78. The molecule has 3 aromatic rings. The lowest BCUT2D eigenvalue weighted by atomic mass is 10.1. The number of carbonyl (C=O) groups is 1. The van der Waals surface area contributed by atoms with Crippen molar-refractivity contribution in [2.45, 2.75) is 32.4 Å². The average Bonchev–Trinajstić information content (AvgIpc) is 3.32. The third kappa shape index (κ3) is 3.95. The zero-order valence-corrected chi connectivity index (χ0v) is 16.5. The fourth-order valence-corrected chi connectivity index (χ4v) is 4.66. The van der Waals surface area contributed by atoms with Crippen LogP contribution < -0.4 is 10.9 Å². The molecule has 0 saturated carbocycles. The minimum absolute atomic E-state index is 0.292. The summed E-state index contributed by atoms with van der Waals surface area (Å²) in [4.78, 5) is 27.5. The lowest BCUT2D eigenvalue weighted by molar-refractivity contribution is 0.168. The van der Waals surface area contributed by atoms with Gasteiger partial charge in [0.25, 0.3) is 0 Å². The first-order chi connectivity index (χ1) is 13.6. The van der Waals surface area contributed by atoms with Crippen molar-refractivity contribution in [2.75, 3.05) is 18.5 Å². The standard InChI is InChI=1S/C21H22N2O4S/c1-2-26-21(25)22-15-7-8-16-14(11-20(24)27-18(16)12-15)13-23-9-3-5-17(23)19-6-4-10-28-19/h4,6-8,10-12,17H,2-3,5,9,13H2,1H3,(H,22,25). The first kappa shape index (κ1) is 18.7. The second-order valence-corrected chi connectivity index (χ2v) is 7.77. The number of hydrogen-bond donors (Lipinski definition) is 1. The van der Waals surface area contributed by atoms with Crippen molar-refractivity contribution in [1.82, 2.24) is 4.90 Å². The fraction of sp³-hybridized carbons (Fsp3) is 0.333. The molecule has 1 N–H and O–H groups in total. The van der Waals surface area contributed by atoms with Gasteiger partial charge in [-0.2, -0.15) is 0 Å². The van der Waals surface area contributed by atoms with E-state index in [1.165, 1.54) is 4.88 Å². The molecule has 0 spiro atoms. The zero-order valence-electron chi connectivity index (χ0n) is 15.6. The third-order valence-electron chi connectivity index (χ3n) is 4.96. The Morgan fingerprint density at radius 3 is 3.04 bits per heavy atom. The number of fused-ring (bicyclic) bond motifs is 1. The number of rotatable bonds is 5. The highest BCUT2D eigenvalue weighted by Crippen LogP contribution is 2.36. The largest absolute Gasteiger partial charge is 0.450 e. The van der Waals surface area contributed by atoms with Crippen molar-refractivity contribution < 1.29 is 13.9 Å². The molecule has 0 bridgehead atoms. The summed E-state index contributed by atoms with van der Waals surface area (Å²) < 4.78 is 10.3. The topological polar surface area (TPSA) is 71.8 Å². The summed E-state index contributed by atoms with van der Waals surface area (Å²) in [6, 6.07) is 11.6. The Morgan fingerprint density at radius 1 is 1.36 bits per heavy atom. The van der Waals surface area contributed by atoms with Crippen molar-refractivity contribution >= 4 is 34.1 Å². The number of amides is 1. The molecular weight excluding hydrogens is 376 g/mol. The molecule has 0 radical (unpaired) electrons. The van der Waals surface area contributed by atoms with Gasteiger partial charge in [0, 0.05) is 40.7 Å². The average molecular weight is 398 g/mol. The zero-order chi connectivity index (χ0) is 19.5. The number of benzene rings is 1. The second kappa shape index (κ2) is 8.16. The smallest absolute Gasteiger partial charge is 0.411 e. The number of hydrogen-bond acceptors (Lipinski definition) is 6. The van der Waals surface area contributed by atoms with Gasteiger partial charge >= 0.3 is 11.7 Å². The van der Waals surface area contributed by atoms with Gasteiger partial charge in [0.1, 0.15) is 5.58 Å². The van der Waals surface area contributed by atoms with Crippen LogP contribution in [0, 0.1) is 0 Å². The van der Waals surface area contributed by atoms with E-state index in [1.807, 2.05) is 6.07 Å². The van der Waals surface area contributed by atoms with E-state index >= 15 is 0 Å². The molecule has 1 atom stereocenters. The molecule has 4 rings (SSSR count). The van der Waals surface area contributed by atoms with Crippen LogP contribution in [0.25, 0.3) is 11.0 Å². The van der Waals surface area contributed by atoms with E-state index in [1.54, 1.807) is 36.5 Å². The highest BCUT2D eigenvalue weighted by Gasteiger charge is 2.27. The molecule has 1 fully saturated rings. The molecular formula is C21H22N2O4S. The Bertz CT molecular complexity index is 1030. The van der Waals surface area contributed by atoms with E-state index in [4.69, 9.17) is 9.15 Å². The van der Waals surface area contributed by atoms with Crippen LogP contribution in [-0.4, -0.2) is 24.1 Å². The molecule has 6 nitrogen and oxygen atoms in total. The molecule has 1 unspecified atom stereocenters. The van der Waals surface area contributed by atoms with Gasteiger partial charge in [-0.05, 0) is 55.5 Å². The number of ether oxygens (including phenoxy) is 1. The van der Waals surface area contributed by atoms with Crippen molar-refractivity contribution in [2.24, 2.45) is 0 Å². The molecule has 3 heterocycles. The summed E-state index contributed by atoms with van der Waals surface area (Å²) in [5.74, 6) is 0. The van der Waals surface area contributed by atoms with E-state index in [-0.39, 0.29) is 5.63 Å². The maximum atomic E-state index is 12.1. The molecule has 1 aliphatic rings. The minimum Gasteiger partial charge on any atom is -0.450 e. The highest BCUT2D eigenvalue weighted by atomic mass is 32.1. The maximum Gasteiger partial charge on any atom is 0.411 e. The first-order valence-electron chi connectivity index (χ1n) is 9.42. The molecule has 0 aliphatic carbocycles. The van der Waals surface area contributed by atoms with E-state index in [9.17, 15) is 9.59 Å². The number of carbonyl (C=O) groups excluding carboxylic acids is 1. The number of likely N-dealkylation sites (tertiary alicyclic amines) is 1. The summed E-state index contributed by atoms with van der Waals surface area (Å²) in [7, 11) is 0. The van der Waals surface area contributed by atoms with E-state index in [2.05, 4.69) is 27.7 Å². The highest BCUT2D eigenvalue weighted by molar-refractivity contribution is 7.10. The van der Waals surface area contributed by atoms with E-state index in [0.717, 1.165) is 30.3 Å². The van der Waals surface area contributed by atoms with Crippen LogP contribution in [0.15, 0.2) is 51.0 Å². The maximum absolute atomic E-state index is 12.1. The predicted molar refractivity (Wildman–Crippen MR) is 110 cm³/mol. The Labute approximate surface area is 166 Å². The fourth-order valence-electron chi connectivity index (χ4n) is 3.76. The second-order valence-electron chi connectivity index (χ2n) is 6.79. The Morgan fingerprint density at radius 2 is 2.25 bits per heavy atom. The first-order valence-corrected chi connectivity index (χ1v) is 10.3. The van der Waals surface area contributed by atoms with Gasteiger partial charge in [0.2, 0.25) is 0 Å². The van der Waals surface area contributed by atoms with Crippen LogP contribution in [0.5, 0.6) is 0 Å². The number of thiophene rings is 1. The molecule has 1 amide bonds. The van der Waals surface area contributed by atoms with Crippen molar-refractivity contribution in [3.8, 4) is 0 Å². The molecule has 146 valence electrons. The molecule has 2 aromatic heterocycles. The quantitative estimate of drug-likeness (QED) is 0.628. The Hall–Kier alpha value is -2.64. The normalized spacial score (nSPS) is 17.1. The van der Waals surface area contributed by atoms with Gasteiger partial charge in [-0.15, -0.1) is 11.3 Å². The summed E-state index contributed by atoms with van der Waals surface area (Å²) in [5.41, 5.74) is 1.55. The molecule has 7 heteroatoms. The van der Waals surface area contributed by atoms with Crippen LogP contribution in [0.4, 0.5) is 10.5 Å². The number of nitrogens with one attached hydrogen (secondary N) is 1. The van der Waals surface area contributed by atoms with Gasteiger partial charge in [-0.3, -0.25) is 10.2 Å². The summed E-state index contributed by atoms with van der Waals surface area (Å²) in [5, 5.41) is 5.63. The summed E-state index contributed by atoms with van der Waals surface area (Å²) in [6.45, 7) is 3.73. The van der Waals surface area contributed by atoms with Gasteiger partial charge in [-0.25, -0.2) is 9.59 Å². The van der Waals surface area contributed by atoms with Crippen molar-refractivity contribution in [3.05, 3.63) is 62.6 Å². The van der Waals surface area contributed by atoms with Gasteiger partial charge in [-0.1, -0.05) is 6.07 Å². The van der Waals surface area contributed by atoms with Gasteiger partial charge < -0.3 is 9.15 Å². The molecule has 1 aromatic carbocycles. The van der Waals surface area contributed by atoms with Crippen LogP contribution in [0.3, 0.4) is 0 Å². The van der Waals surface area contributed by atoms with E-state index < -0.39 is 6.09 Å². The van der Waals surface area contributed by atoms with Crippen molar-refractivity contribution in [3.63, 3.8) is 0 Å². The van der Waals surface area contributed by atoms with Crippen molar-refractivity contribution in [1.29, 1.82) is 0 Å².